The minimum atomic E-state index is -0.833. The normalized spacial score (nSPS) is 10.8. The number of fused-ring (bicyclic) bond motifs is 1. The van der Waals surface area contributed by atoms with E-state index < -0.39 is 17.2 Å². The van der Waals surface area contributed by atoms with Crippen molar-refractivity contribution in [2.24, 2.45) is 19.2 Å². The summed E-state index contributed by atoms with van der Waals surface area (Å²) in [7, 11) is 2.94. The Morgan fingerprint density at radius 3 is 2.41 bits per heavy atom. The maximum atomic E-state index is 12.4. The number of anilines is 1. The Kier molecular flexibility index (Phi) is 7.04. The number of carboxylic acids is 1. The zero-order valence-corrected chi connectivity index (χ0v) is 16.2. The second-order valence-electron chi connectivity index (χ2n) is 5.99. The van der Waals surface area contributed by atoms with E-state index in [9.17, 15) is 14.7 Å². The molecule has 2 aromatic heterocycles. The van der Waals surface area contributed by atoms with Crippen LogP contribution in [0.4, 0.5) is 5.95 Å². The van der Waals surface area contributed by atoms with E-state index in [1.54, 1.807) is 6.21 Å². The van der Waals surface area contributed by atoms with E-state index in [1.165, 1.54) is 23.2 Å². The fourth-order valence-electron chi connectivity index (χ4n) is 2.55. The first-order valence-electron chi connectivity index (χ1n) is 8.58. The fourth-order valence-corrected chi connectivity index (χ4v) is 2.55. The van der Waals surface area contributed by atoms with E-state index in [4.69, 9.17) is 9.90 Å². The van der Waals surface area contributed by atoms with Crippen LogP contribution in [0.2, 0.25) is 0 Å². The van der Waals surface area contributed by atoms with Crippen LogP contribution in [0.15, 0.2) is 45.0 Å². The Labute approximate surface area is 165 Å². The van der Waals surface area contributed by atoms with Gasteiger partial charge in [-0.05, 0) is 5.56 Å². The summed E-state index contributed by atoms with van der Waals surface area (Å²) in [6.45, 7) is 1.04. The number of benzene rings is 1. The quantitative estimate of drug-likeness (QED) is 0.401. The van der Waals surface area contributed by atoms with Gasteiger partial charge in [0.05, 0.1) is 12.8 Å². The molecule has 11 heteroatoms. The van der Waals surface area contributed by atoms with Crippen molar-refractivity contribution in [2.45, 2.75) is 13.5 Å². The molecule has 29 heavy (non-hydrogen) atoms. The highest BCUT2D eigenvalue weighted by Crippen LogP contribution is 2.15. The van der Waals surface area contributed by atoms with Crippen molar-refractivity contribution < 1.29 is 15.0 Å². The Hall–Kier alpha value is -3.73. The highest BCUT2D eigenvalue weighted by molar-refractivity contribution is 5.80. The lowest BCUT2D eigenvalue weighted by atomic mass is 10.2. The van der Waals surface area contributed by atoms with E-state index in [2.05, 4.69) is 15.5 Å². The van der Waals surface area contributed by atoms with Crippen molar-refractivity contribution in [3.05, 3.63) is 56.7 Å². The summed E-state index contributed by atoms with van der Waals surface area (Å²) in [4.78, 5) is 37.8. The maximum absolute atomic E-state index is 12.4. The molecule has 0 atom stereocenters. The van der Waals surface area contributed by atoms with E-state index in [0.717, 1.165) is 17.1 Å². The number of carboxylic acid groups (broad SMARTS) is 1. The lowest BCUT2D eigenvalue weighted by Gasteiger charge is -2.07. The third-order valence-corrected chi connectivity index (χ3v) is 3.85. The number of hydrogen-bond acceptors (Lipinski definition) is 7. The number of aliphatic hydroxyl groups is 1. The molecular weight excluding hydrogens is 380 g/mol. The van der Waals surface area contributed by atoms with Crippen LogP contribution in [-0.2, 0) is 25.4 Å². The number of nitrogens with one attached hydrogen (secondary N) is 1. The number of aliphatic carboxylic acids is 1. The molecule has 3 N–H and O–H groups in total. The Balaban J connectivity index is 0.000000687. The number of nitrogens with zero attached hydrogens (tertiary/aromatic N) is 5. The number of rotatable bonds is 5. The van der Waals surface area contributed by atoms with Gasteiger partial charge in [0.1, 0.15) is 0 Å². The van der Waals surface area contributed by atoms with Gasteiger partial charge in [-0.25, -0.2) is 10.2 Å². The van der Waals surface area contributed by atoms with Crippen LogP contribution in [0.3, 0.4) is 0 Å². The molecule has 2 heterocycles. The molecule has 0 unspecified atom stereocenters. The molecule has 0 amide bonds. The molecule has 0 spiro atoms. The molecule has 0 bridgehead atoms. The van der Waals surface area contributed by atoms with Gasteiger partial charge in [0, 0.05) is 27.6 Å². The first-order valence-corrected chi connectivity index (χ1v) is 8.58. The van der Waals surface area contributed by atoms with Crippen LogP contribution in [0.1, 0.15) is 12.5 Å². The second-order valence-corrected chi connectivity index (χ2v) is 5.99. The summed E-state index contributed by atoms with van der Waals surface area (Å²) in [5.74, 6) is -0.561. The number of imidazole rings is 1. The van der Waals surface area contributed by atoms with Gasteiger partial charge in [0.25, 0.3) is 11.5 Å². The van der Waals surface area contributed by atoms with Gasteiger partial charge in [-0.2, -0.15) is 10.1 Å². The van der Waals surface area contributed by atoms with Crippen molar-refractivity contribution in [3.63, 3.8) is 0 Å². The third-order valence-electron chi connectivity index (χ3n) is 3.85. The van der Waals surface area contributed by atoms with Crippen LogP contribution in [0.25, 0.3) is 11.2 Å². The van der Waals surface area contributed by atoms with Crippen molar-refractivity contribution in [2.75, 3.05) is 12.0 Å². The number of hydrogen-bond donors (Lipinski definition) is 3. The van der Waals surface area contributed by atoms with E-state index in [1.807, 2.05) is 30.3 Å². The summed E-state index contributed by atoms with van der Waals surface area (Å²) in [5, 5.41) is 20.9. The molecule has 3 aromatic rings. The highest BCUT2D eigenvalue weighted by Gasteiger charge is 2.18. The van der Waals surface area contributed by atoms with Crippen LogP contribution >= 0.6 is 0 Å². The molecule has 154 valence electrons. The average Bonchev–Trinajstić information content (AvgIpc) is 3.04. The van der Waals surface area contributed by atoms with Crippen LogP contribution in [0, 0.1) is 0 Å². The molecule has 0 saturated carbocycles. The monoisotopic (exact) mass is 402 g/mol. The molecule has 0 saturated heterocycles. The topological polar surface area (TPSA) is 144 Å². The van der Waals surface area contributed by atoms with Gasteiger partial charge < -0.3 is 14.8 Å². The third kappa shape index (κ3) is 4.96. The van der Waals surface area contributed by atoms with Crippen LogP contribution < -0.4 is 16.7 Å². The predicted molar refractivity (Wildman–Crippen MR) is 108 cm³/mol. The lowest BCUT2D eigenvalue weighted by Crippen LogP contribution is -2.37. The Morgan fingerprint density at radius 1 is 1.21 bits per heavy atom. The second kappa shape index (κ2) is 9.46. The number of aromatic nitrogens is 4. The minimum absolute atomic E-state index is 0.146. The van der Waals surface area contributed by atoms with Crippen molar-refractivity contribution in [1.29, 1.82) is 0 Å². The van der Waals surface area contributed by atoms with E-state index >= 15 is 0 Å². The van der Waals surface area contributed by atoms with Gasteiger partial charge >= 0.3 is 5.69 Å². The lowest BCUT2D eigenvalue weighted by molar-refractivity contribution is -0.134. The standard InChI is InChI=1S/C16H18N6O3.C2H4O2/c1-20-13-12(14(24)21(2)16(20)25)22(8-9-23)15(18-13)19-17-10-11-6-4-3-5-7-11;1-2(3)4/h3-7,10,23H,8-9H2,1-2H3,(H,18,19);1H3,(H,3,4)/b17-10+;. The van der Waals surface area contributed by atoms with Gasteiger partial charge in [-0.1, -0.05) is 30.3 Å². The zero-order chi connectivity index (χ0) is 21.6. The number of aliphatic hydroxyl groups excluding tert-OH is 1. The number of aryl methyl sites for hydroxylation is 1. The Bertz CT molecular complexity index is 1140. The summed E-state index contributed by atoms with van der Waals surface area (Å²) in [5.41, 5.74) is 3.20. The molecule has 0 fully saturated rings. The maximum Gasteiger partial charge on any atom is 0.332 e. The Morgan fingerprint density at radius 2 is 1.83 bits per heavy atom. The molecular formula is C18H22N6O5. The number of carbonyl (C=O) groups is 1. The van der Waals surface area contributed by atoms with Crippen molar-refractivity contribution in [1.82, 2.24) is 18.7 Å². The highest BCUT2D eigenvalue weighted by atomic mass is 16.4. The first-order chi connectivity index (χ1) is 13.8. The summed E-state index contributed by atoms with van der Waals surface area (Å²) >= 11 is 0. The minimum Gasteiger partial charge on any atom is -0.481 e. The van der Waals surface area contributed by atoms with E-state index in [-0.39, 0.29) is 30.3 Å². The van der Waals surface area contributed by atoms with Crippen LogP contribution in [-0.4, -0.2) is 47.7 Å². The van der Waals surface area contributed by atoms with Crippen molar-refractivity contribution >= 4 is 29.3 Å². The zero-order valence-electron chi connectivity index (χ0n) is 16.2. The van der Waals surface area contributed by atoms with Gasteiger partial charge in [0.2, 0.25) is 5.95 Å². The van der Waals surface area contributed by atoms with Gasteiger partial charge in [0.15, 0.2) is 11.2 Å². The SMILES string of the molecule is CC(=O)O.Cn1c(=O)c2c(nc(N/N=C/c3ccccc3)n2CCO)n(C)c1=O. The van der Waals surface area contributed by atoms with Crippen molar-refractivity contribution in [3.8, 4) is 0 Å². The molecule has 1 aromatic carbocycles. The van der Waals surface area contributed by atoms with Crippen LogP contribution in [0.5, 0.6) is 0 Å². The smallest absolute Gasteiger partial charge is 0.332 e. The molecule has 0 aliphatic heterocycles. The molecule has 3 rings (SSSR count). The fraction of sp³-hybridized carbons (Fsp3) is 0.278. The van der Waals surface area contributed by atoms with Gasteiger partial charge in [-0.15, -0.1) is 0 Å². The number of hydrazone groups is 1. The van der Waals surface area contributed by atoms with E-state index in [0.29, 0.717) is 0 Å². The molecule has 11 nitrogen and oxygen atoms in total. The van der Waals surface area contributed by atoms with Gasteiger partial charge in [-0.3, -0.25) is 18.7 Å². The first kappa shape index (κ1) is 21.6. The molecule has 0 aliphatic rings. The summed E-state index contributed by atoms with van der Waals surface area (Å²) in [6.07, 6.45) is 1.61. The largest absolute Gasteiger partial charge is 0.481 e. The predicted octanol–water partition coefficient (Wildman–Crippen LogP) is -0.0371. The summed E-state index contributed by atoms with van der Waals surface area (Å²) < 4.78 is 3.81. The molecule has 0 aliphatic carbocycles. The average molecular weight is 402 g/mol. The molecule has 0 radical (unpaired) electrons. The summed E-state index contributed by atoms with van der Waals surface area (Å²) in [6, 6.07) is 9.47.